The number of carbonyl (C=O) groups is 3. The number of hydrogen-bond donors (Lipinski definition) is 2. The van der Waals surface area contributed by atoms with Gasteiger partial charge in [-0.25, -0.2) is 0 Å². The fourth-order valence-electron chi connectivity index (χ4n) is 3.01. The van der Waals surface area contributed by atoms with Crippen molar-refractivity contribution in [3.63, 3.8) is 0 Å². The topological polar surface area (TPSA) is 95.2 Å². The summed E-state index contributed by atoms with van der Waals surface area (Å²) in [6.45, 7) is 0.390. The maximum absolute atomic E-state index is 12.5. The van der Waals surface area contributed by atoms with Crippen LogP contribution in [0.5, 0.6) is 0 Å². The highest BCUT2D eigenvalue weighted by atomic mass is 16.2. The number of carbonyl (C=O) groups excluding carboxylic acids is 3. The van der Waals surface area contributed by atoms with Gasteiger partial charge in [0.15, 0.2) is 0 Å². The molecule has 2 aliphatic rings. The lowest BCUT2D eigenvalue weighted by Gasteiger charge is -2.29. The van der Waals surface area contributed by atoms with Gasteiger partial charge in [-0.1, -0.05) is 0 Å². The Balaban J connectivity index is 1.69. The van der Waals surface area contributed by atoms with Crippen LogP contribution in [-0.2, 0) is 16.1 Å². The molecule has 0 radical (unpaired) electrons. The zero-order valence-corrected chi connectivity index (χ0v) is 11.0. The van der Waals surface area contributed by atoms with Crippen molar-refractivity contribution in [3.8, 4) is 0 Å². The summed E-state index contributed by atoms with van der Waals surface area (Å²) in [5.74, 6) is -0.838. The third-order valence-corrected chi connectivity index (χ3v) is 4.08. The smallest absolute Gasteiger partial charge is 0.255 e. The minimum absolute atomic E-state index is 0.170. The number of aromatic nitrogens is 2. The zero-order valence-electron chi connectivity index (χ0n) is 11.0. The molecule has 1 aromatic heterocycles. The first-order valence-corrected chi connectivity index (χ1v) is 6.74. The summed E-state index contributed by atoms with van der Waals surface area (Å²) in [4.78, 5) is 37.2. The standard InChI is InChI=1S/C14H12N4O3/c19-12-2-1-11(13(20)16-12)18-6-8-3-7-5-15-17-10(7)4-9(8)14(18)21/h3-5,11H,1-2,6H2,(H,15,17)(H,16,19,20). The van der Waals surface area contributed by atoms with E-state index in [9.17, 15) is 14.4 Å². The van der Waals surface area contributed by atoms with E-state index in [4.69, 9.17) is 0 Å². The van der Waals surface area contributed by atoms with E-state index in [2.05, 4.69) is 15.5 Å². The van der Waals surface area contributed by atoms with E-state index in [-0.39, 0.29) is 24.1 Å². The first-order valence-electron chi connectivity index (χ1n) is 6.74. The molecule has 21 heavy (non-hydrogen) atoms. The molecule has 1 aromatic carbocycles. The summed E-state index contributed by atoms with van der Waals surface area (Å²) in [6.07, 6.45) is 2.35. The van der Waals surface area contributed by atoms with Gasteiger partial charge in [-0.15, -0.1) is 0 Å². The van der Waals surface area contributed by atoms with Crippen LogP contribution in [0.1, 0.15) is 28.8 Å². The number of imide groups is 1. The number of nitrogens with one attached hydrogen (secondary N) is 2. The van der Waals surface area contributed by atoms with Crippen molar-refractivity contribution < 1.29 is 14.4 Å². The number of piperidine rings is 1. The van der Waals surface area contributed by atoms with Crippen molar-refractivity contribution >= 4 is 28.6 Å². The molecule has 1 atom stereocenters. The number of amides is 3. The van der Waals surface area contributed by atoms with Gasteiger partial charge in [0, 0.05) is 23.9 Å². The lowest BCUT2D eigenvalue weighted by Crippen LogP contribution is -2.52. The SMILES string of the molecule is O=C1CCC(N2Cc3cc4cn[nH]c4cc3C2=O)C(=O)N1. The van der Waals surface area contributed by atoms with Crippen LogP contribution in [0, 0.1) is 0 Å². The molecule has 0 aliphatic carbocycles. The second-order valence-electron chi connectivity index (χ2n) is 5.37. The number of fused-ring (bicyclic) bond motifs is 2. The predicted octanol–water partition coefficient (Wildman–Crippen LogP) is 0.324. The molecular formula is C14H12N4O3. The van der Waals surface area contributed by atoms with Gasteiger partial charge in [-0.2, -0.15) is 5.10 Å². The number of H-pyrrole nitrogens is 1. The average Bonchev–Trinajstić information content (AvgIpc) is 3.02. The number of hydrogen-bond acceptors (Lipinski definition) is 4. The molecule has 2 N–H and O–H groups in total. The van der Waals surface area contributed by atoms with Gasteiger partial charge in [0.1, 0.15) is 6.04 Å². The molecule has 0 bridgehead atoms. The van der Waals surface area contributed by atoms with Gasteiger partial charge in [0.05, 0.1) is 11.7 Å². The molecule has 1 unspecified atom stereocenters. The molecule has 7 heteroatoms. The Bertz CT molecular complexity index is 795. The fourth-order valence-corrected chi connectivity index (χ4v) is 3.01. The highest BCUT2D eigenvalue weighted by Gasteiger charge is 2.39. The van der Waals surface area contributed by atoms with Gasteiger partial charge < -0.3 is 4.90 Å². The Morgan fingerprint density at radius 2 is 2.10 bits per heavy atom. The Labute approximate surface area is 119 Å². The molecule has 1 saturated heterocycles. The average molecular weight is 284 g/mol. The van der Waals surface area contributed by atoms with Crippen molar-refractivity contribution in [2.45, 2.75) is 25.4 Å². The fraction of sp³-hybridized carbons (Fsp3) is 0.286. The number of benzene rings is 1. The third kappa shape index (κ3) is 1.74. The van der Waals surface area contributed by atoms with Crippen molar-refractivity contribution in [1.82, 2.24) is 20.4 Å². The molecule has 2 aliphatic heterocycles. The van der Waals surface area contributed by atoms with E-state index in [1.54, 1.807) is 17.2 Å². The summed E-state index contributed by atoms with van der Waals surface area (Å²) < 4.78 is 0. The molecule has 0 saturated carbocycles. The van der Waals surface area contributed by atoms with Crippen LogP contribution in [0.3, 0.4) is 0 Å². The molecule has 106 valence electrons. The zero-order chi connectivity index (χ0) is 14.6. The van der Waals surface area contributed by atoms with Crippen molar-refractivity contribution in [2.75, 3.05) is 0 Å². The van der Waals surface area contributed by atoms with Gasteiger partial charge in [0.2, 0.25) is 11.8 Å². The predicted molar refractivity (Wildman–Crippen MR) is 72.1 cm³/mol. The van der Waals surface area contributed by atoms with Crippen LogP contribution < -0.4 is 5.32 Å². The third-order valence-electron chi connectivity index (χ3n) is 4.08. The molecular weight excluding hydrogens is 272 g/mol. The highest BCUT2D eigenvalue weighted by molar-refractivity contribution is 6.06. The van der Waals surface area contributed by atoms with E-state index in [1.165, 1.54) is 0 Å². The summed E-state index contributed by atoms with van der Waals surface area (Å²) in [5, 5.41) is 10.0. The van der Waals surface area contributed by atoms with E-state index >= 15 is 0 Å². The summed E-state index contributed by atoms with van der Waals surface area (Å²) in [7, 11) is 0. The van der Waals surface area contributed by atoms with Crippen LogP contribution in [0.4, 0.5) is 0 Å². The minimum Gasteiger partial charge on any atom is -0.322 e. The molecule has 3 amide bonds. The molecule has 2 aromatic rings. The molecule has 4 rings (SSSR count). The second-order valence-corrected chi connectivity index (χ2v) is 5.37. The number of aromatic amines is 1. The maximum atomic E-state index is 12.5. The van der Waals surface area contributed by atoms with E-state index in [0.717, 1.165) is 16.5 Å². The van der Waals surface area contributed by atoms with Gasteiger partial charge in [-0.05, 0) is 24.1 Å². The quantitative estimate of drug-likeness (QED) is 0.737. The van der Waals surface area contributed by atoms with Gasteiger partial charge >= 0.3 is 0 Å². The Morgan fingerprint density at radius 3 is 2.90 bits per heavy atom. The first kappa shape index (κ1) is 12.1. The number of rotatable bonds is 1. The lowest BCUT2D eigenvalue weighted by atomic mass is 10.0. The molecule has 7 nitrogen and oxygen atoms in total. The highest BCUT2D eigenvalue weighted by Crippen LogP contribution is 2.30. The Morgan fingerprint density at radius 1 is 1.24 bits per heavy atom. The minimum atomic E-state index is -0.570. The normalized spacial score (nSPS) is 21.8. The number of nitrogens with zero attached hydrogens (tertiary/aromatic N) is 2. The molecule has 3 heterocycles. The van der Waals surface area contributed by atoms with E-state index in [0.29, 0.717) is 18.5 Å². The van der Waals surface area contributed by atoms with Crippen molar-refractivity contribution in [3.05, 3.63) is 29.5 Å². The molecule has 0 spiro atoms. The lowest BCUT2D eigenvalue weighted by molar-refractivity contribution is -0.136. The summed E-state index contributed by atoms with van der Waals surface area (Å²) in [6, 6.07) is 3.11. The largest absolute Gasteiger partial charge is 0.322 e. The second kappa shape index (κ2) is 4.15. The van der Waals surface area contributed by atoms with Crippen LogP contribution >= 0.6 is 0 Å². The maximum Gasteiger partial charge on any atom is 0.255 e. The Hall–Kier alpha value is -2.70. The van der Waals surface area contributed by atoms with Crippen LogP contribution in [0.15, 0.2) is 18.3 Å². The first-order chi connectivity index (χ1) is 10.1. The molecule has 1 fully saturated rings. The van der Waals surface area contributed by atoms with Gasteiger partial charge in [0.25, 0.3) is 5.91 Å². The van der Waals surface area contributed by atoms with E-state index in [1.807, 2.05) is 6.07 Å². The Kier molecular flexibility index (Phi) is 2.38. The van der Waals surface area contributed by atoms with Crippen LogP contribution in [0.2, 0.25) is 0 Å². The summed E-state index contributed by atoms with van der Waals surface area (Å²) >= 11 is 0. The van der Waals surface area contributed by atoms with Crippen molar-refractivity contribution in [1.29, 1.82) is 0 Å². The van der Waals surface area contributed by atoms with Crippen LogP contribution in [-0.4, -0.2) is 38.9 Å². The van der Waals surface area contributed by atoms with Crippen LogP contribution in [0.25, 0.3) is 10.9 Å². The van der Waals surface area contributed by atoms with Gasteiger partial charge in [-0.3, -0.25) is 24.8 Å². The monoisotopic (exact) mass is 284 g/mol. The summed E-state index contributed by atoms with van der Waals surface area (Å²) in [5.41, 5.74) is 2.28. The van der Waals surface area contributed by atoms with Crippen molar-refractivity contribution in [2.24, 2.45) is 0 Å². The van der Waals surface area contributed by atoms with E-state index < -0.39 is 6.04 Å².